The van der Waals surface area contributed by atoms with Gasteiger partial charge in [-0.25, -0.2) is 9.59 Å². The highest BCUT2D eigenvalue weighted by Gasteiger charge is 2.23. The highest BCUT2D eigenvalue weighted by molar-refractivity contribution is 5.84. The van der Waals surface area contributed by atoms with E-state index in [2.05, 4.69) is 6.58 Å². The van der Waals surface area contributed by atoms with Gasteiger partial charge in [0.1, 0.15) is 17.9 Å². The summed E-state index contributed by atoms with van der Waals surface area (Å²) in [5, 5.41) is 0.761. The lowest BCUT2D eigenvalue weighted by Crippen LogP contribution is -2.14. The van der Waals surface area contributed by atoms with Crippen molar-refractivity contribution in [3.63, 3.8) is 0 Å². The summed E-state index contributed by atoms with van der Waals surface area (Å²) >= 11 is 0. The quantitative estimate of drug-likeness (QED) is 0.344. The Morgan fingerprint density at radius 1 is 1.24 bits per heavy atom. The number of ether oxygens (including phenoxy) is 2. The number of esters is 1. The standard InChI is InChI=1S/C20H22O5/c1-12(2)10-18(22)24-11-15(13(3)4)19-16(23-5)8-6-14-7-9-17(21)25-20(14)19/h6-10,15H,3,11H2,1-2,4-5H3/t15-/m1/s1. The Morgan fingerprint density at radius 2 is 1.92 bits per heavy atom. The Kier molecular flexibility index (Phi) is 5.80. The van der Waals surface area contributed by atoms with Crippen LogP contribution in [0.15, 0.2) is 57.3 Å². The Balaban J connectivity index is 2.52. The van der Waals surface area contributed by atoms with E-state index in [9.17, 15) is 9.59 Å². The zero-order valence-electron chi connectivity index (χ0n) is 14.9. The van der Waals surface area contributed by atoms with Gasteiger partial charge in [-0.2, -0.15) is 0 Å². The summed E-state index contributed by atoms with van der Waals surface area (Å²) in [5.41, 5.74) is 2.23. The topological polar surface area (TPSA) is 65.7 Å². The van der Waals surface area contributed by atoms with Crippen LogP contribution >= 0.6 is 0 Å². The molecule has 0 bridgehead atoms. The molecule has 2 aromatic rings. The molecule has 0 amide bonds. The molecule has 132 valence electrons. The van der Waals surface area contributed by atoms with E-state index in [0.29, 0.717) is 16.9 Å². The van der Waals surface area contributed by atoms with Gasteiger partial charge in [0.25, 0.3) is 0 Å². The lowest BCUT2D eigenvalue weighted by atomic mass is 9.91. The van der Waals surface area contributed by atoms with Gasteiger partial charge in [0, 0.05) is 29.0 Å². The van der Waals surface area contributed by atoms with E-state index in [1.807, 2.05) is 26.8 Å². The molecule has 0 saturated carbocycles. The van der Waals surface area contributed by atoms with E-state index >= 15 is 0 Å². The van der Waals surface area contributed by atoms with E-state index in [4.69, 9.17) is 13.9 Å². The molecule has 0 aliphatic carbocycles. The van der Waals surface area contributed by atoms with E-state index < -0.39 is 11.6 Å². The average Bonchev–Trinajstić information content (AvgIpc) is 2.54. The normalized spacial score (nSPS) is 11.7. The van der Waals surface area contributed by atoms with Gasteiger partial charge in [0.2, 0.25) is 0 Å². The number of benzene rings is 1. The van der Waals surface area contributed by atoms with Gasteiger partial charge in [0.05, 0.1) is 7.11 Å². The van der Waals surface area contributed by atoms with Crippen LogP contribution < -0.4 is 10.4 Å². The minimum atomic E-state index is -0.455. The Morgan fingerprint density at radius 3 is 2.52 bits per heavy atom. The zero-order valence-corrected chi connectivity index (χ0v) is 14.9. The third-order valence-electron chi connectivity index (χ3n) is 3.75. The van der Waals surface area contributed by atoms with E-state index in [-0.39, 0.29) is 12.5 Å². The number of carbonyl (C=O) groups excluding carboxylic acids is 1. The van der Waals surface area contributed by atoms with Crippen LogP contribution in [0.2, 0.25) is 0 Å². The van der Waals surface area contributed by atoms with Crippen LogP contribution in [-0.2, 0) is 9.53 Å². The minimum absolute atomic E-state index is 0.0754. The van der Waals surface area contributed by atoms with E-state index in [1.165, 1.54) is 19.3 Å². The Bertz CT molecular complexity index is 885. The number of carbonyl (C=O) groups is 1. The first-order valence-electron chi connectivity index (χ1n) is 7.91. The summed E-state index contributed by atoms with van der Waals surface area (Å²) in [6, 6.07) is 6.66. The molecule has 0 aliphatic rings. The van der Waals surface area contributed by atoms with Crippen LogP contribution in [0.5, 0.6) is 5.75 Å². The van der Waals surface area contributed by atoms with Crippen molar-refractivity contribution in [3.05, 3.63) is 64.1 Å². The Labute approximate surface area is 146 Å². The molecule has 0 radical (unpaired) electrons. The largest absolute Gasteiger partial charge is 0.496 e. The van der Waals surface area contributed by atoms with Crippen LogP contribution in [0.1, 0.15) is 32.3 Å². The molecule has 0 spiro atoms. The minimum Gasteiger partial charge on any atom is -0.496 e. The van der Waals surface area contributed by atoms with Crippen molar-refractivity contribution >= 4 is 16.9 Å². The molecule has 1 aromatic carbocycles. The van der Waals surface area contributed by atoms with Crippen LogP contribution in [0.4, 0.5) is 0 Å². The number of methoxy groups -OCH3 is 1. The van der Waals surface area contributed by atoms with Gasteiger partial charge in [0.15, 0.2) is 0 Å². The third kappa shape index (κ3) is 4.38. The molecule has 0 unspecified atom stereocenters. The van der Waals surface area contributed by atoms with Gasteiger partial charge in [-0.1, -0.05) is 17.7 Å². The highest BCUT2D eigenvalue weighted by atomic mass is 16.5. The second-order valence-corrected chi connectivity index (χ2v) is 6.10. The first-order valence-corrected chi connectivity index (χ1v) is 7.91. The van der Waals surface area contributed by atoms with Crippen molar-refractivity contribution in [1.29, 1.82) is 0 Å². The fourth-order valence-electron chi connectivity index (χ4n) is 2.56. The van der Waals surface area contributed by atoms with Crippen molar-refractivity contribution in [2.45, 2.75) is 26.7 Å². The molecular weight excluding hydrogens is 320 g/mol. The average molecular weight is 342 g/mol. The second-order valence-electron chi connectivity index (χ2n) is 6.10. The number of fused-ring (bicyclic) bond motifs is 1. The molecule has 1 aromatic heterocycles. The van der Waals surface area contributed by atoms with Gasteiger partial charge >= 0.3 is 11.6 Å². The summed E-state index contributed by atoms with van der Waals surface area (Å²) < 4.78 is 16.2. The van der Waals surface area contributed by atoms with Crippen LogP contribution in [-0.4, -0.2) is 19.7 Å². The van der Waals surface area contributed by atoms with Crippen LogP contribution in [0.3, 0.4) is 0 Å². The lowest BCUT2D eigenvalue weighted by molar-refractivity contribution is -0.138. The second kappa shape index (κ2) is 7.83. The summed E-state index contributed by atoms with van der Waals surface area (Å²) in [6.45, 7) is 9.54. The molecule has 0 N–H and O–H groups in total. The number of rotatable bonds is 6. The van der Waals surface area contributed by atoms with Crippen LogP contribution in [0.25, 0.3) is 11.0 Å². The summed E-state index contributed by atoms with van der Waals surface area (Å²) in [6.07, 6.45) is 1.43. The molecule has 5 nitrogen and oxygen atoms in total. The molecule has 5 heteroatoms. The van der Waals surface area contributed by atoms with Gasteiger partial charge in [-0.05, 0) is 39.0 Å². The number of allylic oxidation sites excluding steroid dienone is 1. The molecule has 2 rings (SSSR count). The van der Waals surface area contributed by atoms with Crippen molar-refractivity contribution in [2.75, 3.05) is 13.7 Å². The molecule has 25 heavy (non-hydrogen) atoms. The molecule has 0 saturated heterocycles. The highest BCUT2D eigenvalue weighted by Crippen LogP contribution is 2.37. The zero-order chi connectivity index (χ0) is 18.6. The number of hydrogen-bond acceptors (Lipinski definition) is 5. The predicted octanol–water partition coefficient (Wildman–Crippen LogP) is 3.97. The van der Waals surface area contributed by atoms with E-state index in [1.54, 1.807) is 12.1 Å². The maximum atomic E-state index is 11.9. The van der Waals surface area contributed by atoms with Crippen molar-refractivity contribution in [3.8, 4) is 5.75 Å². The van der Waals surface area contributed by atoms with Crippen molar-refractivity contribution in [1.82, 2.24) is 0 Å². The van der Waals surface area contributed by atoms with Gasteiger partial charge in [-0.3, -0.25) is 0 Å². The fourth-order valence-corrected chi connectivity index (χ4v) is 2.56. The number of hydrogen-bond donors (Lipinski definition) is 0. The lowest BCUT2D eigenvalue weighted by Gasteiger charge is -2.21. The fraction of sp³-hybridized carbons (Fsp3) is 0.300. The molecule has 0 aliphatic heterocycles. The summed E-state index contributed by atoms with van der Waals surface area (Å²) in [7, 11) is 1.54. The first kappa shape index (κ1) is 18.5. The first-order chi connectivity index (χ1) is 11.8. The van der Waals surface area contributed by atoms with E-state index in [0.717, 1.165) is 16.5 Å². The van der Waals surface area contributed by atoms with Crippen molar-refractivity contribution in [2.24, 2.45) is 0 Å². The maximum Gasteiger partial charge on any atom is 0.336 e. The van der Waals surface area contributed by atoms with Gasteiger partial charge < -0.3 is 13.9 Å². The molecule has 1 heterocycles. The Hall–Kier alpha value is -2.82. The van der Waals surface area contributed by atoms with Crippen molar-refractivity contribution < 1.29 is 18.7 Å². The maximum absolute atomic E-state index is 11.9. The molecule has 1 atom stereocenters. The summed E-state index contributed by atoms with van der Waals surface area (Å²) in [4.78, 5) is 23.5. The SMILES string of the molecule is C=C(C)[C@@H](COC(=O)C=C(C)C)c1c(OC)ccc2ccc(=O)oc12. The molecule has 0 fully saturated rings. The third-order valence-corrected chi connectivity index (χ3v) is 3.75. The molecular formula is C20H22O5. The monoisotopic (exact) mass is 342 g/mol. The predicted molar refractivity (Wildman–Crippen MR) is 97.0 cm³/mol. The van der Waals surface area contributed by atoms with Crippen LogP contribution in [0, 0.1) is 0 Å². The summed E-state index contributed by atoms with van der Waals surface area (Å²) in [5.74, 6) is -0.237. The smallest absolute Gasteiger partial charge is 0.336 e. The van der Waals surface area contributed by atoms with Gasteiger partial charge in [-0.15, -0.1) is 0 Å².